The van der Waals surface area contributed by atoms with Crippen LogP contribution in [0, 0.1) is 33.5 Å². The van der Waals surface area contributed by atoms with Crippen molar-refractivity contribution in [2.75, 3.05) is 11.9 Å². The molecular weight excluding hydrogens is 405 g/mol. The van der Waals surface area contributed by atoms with Gasteiger partial charge >= 0.3 is 0 Å². The summed E-state index contributed by atoms with van der Waals surface area (Å²) in [5, 5.41) is 10.4. The molecule has 0 atom stereocenters. The minimum absolute atomic E-state index is 0.273. The minimum Gasteiger partial charge on any atom is -0.326 e. The maximum Gasteiger partial charge on any atom is 0.257 e. The molecule has 0 fully saturated rings. The molecule has 0 aliphatic carbocycles. The fourth-order valence-corrected chi connectivity index (χ4v) is 3.78. The number of halogens is 1. The second-order valence-corrected chi connectivity index (χ2v) is 7.91. The zero-order valence-electron chi connectivity index (χ0n) is 19.3. The van der Waals surface area contributed by atoms with Crippen LogP contribution in [0.25, 0.3) is 0 Å². The van der Waals surface area contributed by atoms with Crippen molar-refractivity contribution in [1.29, 1.82) is 0 Å². The number of aromatic nitrogens is 2. The molecule has 2 aromatic carbocycles. The van der Waals surface area contributed by atoms with Gasteiger partial charge in [-0.2, -0.15) is 5.10 Å². The van der Waals surface area contributed by atoms with Crippen LogP contribution in [0.1, 0.15) is 45.4 Å². The summed E-state index contributed by atoms with van der Waals surface area (Å²) in [6, 6.07) is 11.7. The highest BCUT2D eigenvalue weighted by atomic mass is 19.1. The highest BCUT2D eigenvalue weighted by Gasteiger charge is 2.13. The molecule has 0 aliphatic heterocycles. The molecule has 0 bridgehead atoms. The van der Waals surface area contributed by atoms with E-state index in [1.54, 1.807) is 12.1 Å². The summed E-state index contributed by atoms with van der Waals surface area (Å²) in [4.78, 5) is 17.5. The zero-order chi connectivity index (χ0) is 23.3. The molecule has 1 amide bonds. The molecule has 0 aliphatic rings. The first-order chi connectivity index (χ1) is 15.3. The van der Waals surface area contributed by atoms with Gasteiger partial charge < -0.3 is 5.32 Å². The maximum atomic E-state index is 13.7. The van der Waals surface area contributed by atoms with Crippen molar-refractivity contribution in [1.82, 2.24) is 15.1 Å². The number of rotatable bonds is 6. The quantitative estimate of drug-likeness (QED) is 0.435. The lowest BCUT2D eigenvalue weighted by Crippen LogP contribution is -2.36. The van der Waals surface area contributed by atoms with Gasteiger partial charge in [0.15, 0.2) is 0 Å². The molecule has 3 aromatic rings. The van der Waals surface area contributed by atoms with Crippen molar-refractivity contribution >= 4 is 17.6 Å². The highest BCUT2D eigenvalue weighted by molar-refractivity contribution is 6.10. The standard InChI is InChI=1S/C25H30FN5O/c1-6-31-19(5)23(18(4)30-31)10-11-27-25(28-22-9-7-8-21(26)15-22)29-24(32)20-13-16(2)12-17(3)14-20/h7-9,12-15H,6,10-11H2,1-5H3,(H2,27,28,29,32). The van der Waals surface area contributed by atoms with E-state index in [4.69, 9.17) is 0 Å². The summed E-state index contributed by atoms with van der Waals surface area (Å²) in [6.07, 6.45) is 0.686. The number of anilines is 1. The van der Waals surface area contributed by atoms with Crippen LogP contribution in [0.4, 0.5) is 10.1 Å². The van der Waals surface area contributed by atoms with E-state index in [0.717, 1.165) is 34.6 Å². The first kappa shape index (κ1) is 23.2. The van der Waals surface area contributed by atoms with Gasteiger partial charge in [-0.25, -0.2) is 4.39 Å². The van der Waals surface area contributed by atoms with E-state index in [-0.39, 0.29) is 17.7 Å². The Balaban J connectivity index is 1.81. The van der Waals surface area contributed by atoms with E-state index in [1.165, 1.54) is 12.1 Å². The van der Waals surface area contributed by atoms with E-state index in [0.29, 0.717) is 24.2 Å². The topological polar surface area (TPSA) is 71.3 Å². The van der Waals surface area contributed by atoms with Crippen molar-refractivity contribution in [3.05, 3.63) is 81.9 Å². The average molecular weight is 436 g/mol. The third-order valence-electron chi connectivity index (χ3n) is 5.27. The summed E-state index contributed by atoms with van der Waals surface area (Å²) in [6.45, 7) is 11.3. The third kappa shape index (κ3) is 5.81. The molecule has 1 aromatic heterocycles. The number of amides is 1. The van der Waals surface area contributed by atoms with Gasteiger partial charge in [-0.05, 0) is 76.9 Å². The van der Waals surface area contributed by atoms with Crippen LogP contribution in [-0.2, 0) is 13.0 Å². The Bertz CT molecular complexity index is 1130. The molecule has 0 unspecified atom stereocenters. The molecule has 3 rings (SSSR count). The van der Waals surface area contributed by atoms with Crippen LogP contribution < -0.4 is 10.6 Å². The van der Waals surface area contributed by atoms with Crippen LogP contribution in [-0.4, -0.2) is 28.2 Å². The summed E-state index contributed by atoms with van der Waals surface area (Å²) in [5.41, 5.74) is 6.33. The number of carbonyl (C=O) groups excluding carboxylic acids is 1. The van der Waals surface area contributed by atoms with Crippen molar-refractivity contribution in [2.45, 2.75) is 47.6 Å². The molecular formula is C25H30FN5O. The number of aliphatic imine (C=N–C) groups is 1. The summed E-state index contributed by atoms with van der Waals surface area (Å²) < 4.78 is 15.6. The van der Waals surface area contributed by atoms with Gasteiger partial charge in [0.2, 0.25) is 5.96 Å². The van der Waals surface area contributed by atoms with Crippen molar-refractivity contribution in [3.8, 4) is 0 Å². The molecule has 0 spiro atoms. The van der Waals surface area contributed by atoms with Crippen LogP contribution in [0.15, 0.2) is 47.5 Å². The van der Waals surface area contributed by atoms with E-state index in [9.17, 15) is 9.18 Å². The van der Waals surface area contributed by atoms with Gasteiger partial charge in [-0.1, -0.05) is 23.3 Å². The monoisotopic (exact) mass is 435 g/mol. The molecule has 0 saturated heterocycles. The van der Waals surface area contributed by atoms with Crippen LogP contribution in [0.2, 0.25) is 0 Å². The number of nitrogens with one attached hydrogen (secondary N) is 2. The highest BCUT2D eigenvalue weighted by Crippen LogP contribution is 2.14. The molecule has 0 saturated carbocycles. The molecule has 1 heterocycles. The predicted octanol–water partition coefficient (Wildman–Crippen LogP) is 4.72. The zero-order valence-corrected chi connectivity index (χ0v) is 19.3. The number of nitrogens with zero attached hydrogens (tertiary/aromatic N) is 3. The largest absolute Gasteiger partial charge is 0.326 e. The molecule has 168 valence electrons. The van der Waals surface area contributed by atoms with Crippen LogP contribution in [0.5, 0.6) is 0 Å². The third-order valence-corrected chi connectivity index (χ3v) is 5.27. The van der Waals surface area contributed by atoms with Gasteiger partial charge in [0.1, 0.15) is 5.82 Å². The number of hydrogen-bond donors (Lipinski definition) is 2. The van der Waals surface area contributed by atoms with E-state index in [2.05, 4.69) is 34.6 Å². The van der Waals surface area contributed by atoms with Crippen LogP contribution in [0.3, 0.4) is 0 Å². The van der Waals surface area contributed by atoms with Crippen molar-refractivity contribution in [2.24, 2.45) is 4.99 Å². The van der Waals surface area contributed by atoms with E-state index < -0.39 is 0 Å². The van der Waals surface area contributed by atoms with E-state index >= 15 is 0 Å². The SMILES string of the molecule is CCn1nc(C)c(CCN=C(NC(=O)c2cc(C)cc(C)c2)Nc2cccc(F)c2)c1C. The van der Waals surface area contributed by atoms with Gasteiger partial charge in [-0.15, -0.1) is 0 Å². The summed E-state index contributed by atoms with van der Waals surface area (Å²) in [7, 11) is 0. The summed E-state index contributed by atoms with van der Waals surface area (Å²) >= 11 is 0. The maximum absolute atomic E-state index is 13.7. The smallest absolute Gasteiger partial charge is 0.257 e. The fraction of sp³-hybridized carbons (Fsp3) is 0.320. The fourth-order valence-electron chi connectivity index (χ4n) is 3.78. The second kappa shape index (κ2) is 10.2. The number of aryl methyl sites for hydroxylation is 4. The first-order valence-electron chi connectivity index (χ1n) is 10.8. The van der Waals surface area contributed by atoms with Gasteiger partial charge in [0, 0.05) is 30.0 Å². The molecule has 2 N–H and O–H groups in total. The van der Waals surface area contributed by atoms with E-state index in [1.807, 2.05) is 43.7 Å². The Labute approximate surface area is 188 Å². The Morgan fingerprint density at radius 2 is 1.81 bits per heavy atom. The lowest BCUT2D eigenvalue weighted by atomic mass is 10.1. The lowest BCUT2D eigenvalue weighted by molar-refractivity contribution is 0.0976. The molecule has 0 radical (unpaired) electrons. The Morgan fingerprint density at radius 1 is 1.09 bits per heavy atom. The Kier molecular flexibility index (Phi) is 7.41. The van der Waals surface area contributed by atoms with Crippen molar-refractivity contribution < 1.29 is 9.18 Å². The Morgan fingerprint density at radius 3 is 2.44 bits per heavy atom. The predicted molar refractivity (Wildman–Crippen MR) is 127 cm³/mol. The van der Waals surface area contributed by atoms with Crippen molar-refractivity contribution in [3.63, 3.8) is 0 Å². The number of hydrogen-bond acceptors (Lipinski definition) is 3. The molecule has 7 heteroatoms. The van der Waals surface area contributed by atoms with Gasteiger partial charge in [0.25, 0.3) is 5.91 Å². The first-order valence-corrected chi connectivity index (χ1v) is 10.8. The number of benzene rings is 2. The second-order valence-electron chi connectivity index (χ2n) is 7.91. The van der Waals surface area contributed by atoms with Gasteiger partial charge in [-0.3, -0.25) is 19.8 Å². The molecule has 6 nitrogen and oxygen atoms in total. The number of guanidine groups is 1. The van der Waals surface area contributed by atoms with Gasteiger partial charge in [0.05, 0.1) is 5.69 Å². The number of carbonyl (C=O) groups is 1. The summed E-state index contributed by atoms with van der Waals surface area (Å²) in [5.74, 6) is -0.364. The average Bonchev–Trinajstić information content (AvgIpc) is 3.00. The minimum atomic E-state index is -0.367. The molecule has 32 heavy (non-hydrogen) atoms. The van der Waals surface area contributed by atoms with Crippen LogP contribution >= 0.6 is 0 Å². The lowest BCUT2D eigenvalue weighted by Gasteiger charge is -2.13. The normalized spacial score (nSPS) is 11.5. The Hall–Kier alpha value is -3.48.